The van der Waals surface area contributed by atoms with Gasteiger partial charge < -0.3 is 10.2 Å². The number of nitrogens with one attached hydrogen (secondary N) is 1. The highest BCUT2D eigenvalue weighted by Crippen LogP contribution is 2.39. The second-order valence-corrected chi connectivity index (χ2v) is 7.45. The number of hydrogen-bond acceptors (Lipinski definition) is 2. The van der Waals surface area contributed by atoms with Crippen LogP contribution in [0.5, 0.6) is 0 Å². The summed E-state index contributed by atoms with van der Waals surface area (Å²) in [6.07, 6.45) is 5.44. The van der Waals surface area contributed by atoms with Crippen LogP contribution in [0.3, 0.4) is 0 Å². The highest BCUT2D eigenvalue weighted by atomic mass is 35.5. The lowest BCUT2D eigenvalue weighted by molar-refractivity contribution is 0.0979. The molecule has 1 aromatic carbocycles. The minimum absolute atomic E-state index is 0.447. The summed E-state index contributed by atoms with van der Waals surface area (Å²) in [5, 5.41) is 4.24. The lowest BCUT2D eigenvalue weighted by Gasteiger charge is -2.42. The Morgan fingerprint density at radius 2 is 1.86 bits per heavy atom. The quantitative estimate of drug-likeness (QED) is 0.848. The minimum Gasteiger partial charge on any atom is -0.319 e. The van der Waals surface area contributed by atoms with Gasteiger partial charge in [-0.05, 0) is 56.0 Å². The first kappa shape index (κ1) is 16.8. The molecule has 2 nitrogen and oxygen atoms in total. The van der Waals surface area contributed by atoms with E-state index in [1.807, 2.05) is 12.1 Å². The number of nitrogens with zero attached hydrogens (tertiary/aromatic N) is 1. The van der Waals surface area contributed by atoms with Crippen LogP contribution in [0.25, 0.3) is 0 Å². The van der Waals surface area contributed by atoms with Crippen molar-refractivity contribution in [3.8, 4) is 0 Å². The Morgan fingerprint density at radius 3 is 2.43 bits per heavy atom. The number of rotatable bonds is 6. The van der Waals surface area contributed by atoms with Gasteiger partial charge in [-0.3, -0.25) is 0 Å². The first-order valence-corrected chi connectivity index (χ1v) is 8.48. The van der Waals surface area contributed by atoms with Crippen molar-refractivity contribution in [1.29, 1.82) is 0 Å². The molecule has 0 spiro atoms. The van der Waals surface area contributed by atoms with Crippen LogP contribution in [-0.4, -0.2) is 32.1 Å². The van der Waals surface area contributed by atoms with E-state index < -0.39 is 0 Å². The Hall–Kier alpha value is -0.570. The fraction of sp³-hybridized carbons (Fsp3) is 0.667. The zero-order valence-corrected chi connectivity index (χ0v) is 14.4. The fourth-order valence-corrected chi connectivity index (χ4v) is 3.80. The molecule has 1 aromatic rings. The highest BCUT2D eigenvalue weighted by Gasteiger charge is 2.34. The molecule has 0 bridgehead atoms. The number of benzene rings is 1. The summed E-state index contributed by atoms with van der Waals surface area (Å²) in [6.45, 7) is 5.69. The molecular formula is C18H29ClN2. The summed E-state index contributed by atoms with van der Waals surface area (Å²) >= 11 is 5.96. The van der Waals surface area contributed by atoms with Crippen LogP contribution >= 0.6 is 11.6 Å². The van der Waals surface area contributed by atoms with Crippen LogP contribution in [-0.2, 0) is 6.54 Å². The van der Waals surface area contributed by atoms with Crippen molar-refractivity contribution < 1.29 is 0 Å². The van der Waals surface area contributed by atoms with E-state index in [-0.39, 0.29) is 0 Å². The second-order valence-electron chi connectivity index (χ2n) is 7.01. The predicted octanol–water partition coefficient (Wildman–Crippen LogP) is 4.19. The van der Waals surface area contributed by atoms with Crippen molar-refractivity contribution in [2.75, 3.05) is 27.2 Å². The van der Waals surface area contributed by atoms with Crippen LogP contribution in [0.1, 0.15) is 38.2 Å². The van der Waals surface area contributed by atoms with E-state index in [2.05, 4.69) is 43.4 Å². The van der Waals surface area contributed by atoms with Gasteiger partial charge >= 0.3 is 0 Å². The van der Waals surface area contributed by atoms with Crippen molar-refractivity contribution in [3.63, 3.8) is 0 Å². The van der Waals surface area contributed by atoms with Crippen LogP contribution in [0.2, 0.25) is 5.02 Å². The average Bonchev–Trinajstić information content (AvgIpc) is 2.45. The van der Waals surface area contributed by atoms with E-state index in [1.165, 1.54) is 37.8 Å². The Labute approximate surface area is 134 Å². The summed E-state index contributed by atoms with van der Waals surface area (Å²) in [6, 6.07) is 8.23. The van der Waals surface area contributed by atoms with E-state index in [4.69, 9.17) is 11.6 Å². The minimum atomic E-state index is 0.447. The standard InChI is InChI=1S/C18H29ClN2/c1-15-8-10-18(11-9-15,13-20-2)14-21(3)12-16-4-6-17(19)7-5-16/h4-7,15,20H,8-14H2,1-3H3. The molecule has 0 atom stereocenters. The predicted molar refractivity (Wildman–Crippen MR) is 91.8 cm³/mol. The van der Waals surface area contributed by atoms with Gasteiger partial charge in [0.2, 0.25) is 0 Å². The lowest BCUT2D eigenvalue weighted by Crippen LogP contribution is -2.44. The summed E-state index contributed by atoms with van der Waals surface area (Å²) in [5.41, 5.74) is 1.79. The number of halogens is 1. The monoisotopic (exact) mass is 308 g/mol. The molecule has 0 aliphatic heterocycles. The zero-order chi connectivity index (χ0) is 15.3. The Kier molecular flexibility index (Phi) is 6.09. The Morgan fingerprint density at radius 1 is 1.24 bits per heavy atom. The first-order valence-electron chi connectivity index (χ1n) is 8.11. The molecule has 1 fully saturated rings. The molecule has 0 saturated heterocycles. The van der Waals surface area contributed by atoms with Crippen molar-refractivity contribution in [3.05, 3.63) is 34.9 Å². The number of hydrogen-bond donors (Lipinski definition) is 1. The van der Waals surface area contributed by atoms with Gasteiger partial charge in [0, 0.05) is 24.7 Å². The van der Waals surface area contributed by atoms with Gasteiger partial charge in [-0.2, -0.15) is 0 Å². The maximum Gasteiger partial charge on any atom is 0.0406 e. The molecule has 0 radical (unpaired) electrons. The SMILES string of the molecule is CNCC1(CN(C)Cc2ccc(Cl)cc2)CCC(C)CC1. The topological polar surface area (TPSA) is 15.3 Å². The molecule has 1 aliphatic rings. The molecule has 1 saturated carbocycles. The molecule has 0 heterocycles. The van der Waals surface area contributed by atoms with Crippen LogP contribution in [0, 0.1) is 11.3 Å². The van der Waals surface area contributed by atoms with Crippen LogP contribution in [0.15, 0.2) is 24.3 Å². The largest absolute Gasteiger partial charge is 0.319 e. The molecule has 1 aliphatic carbocycles. The summed E-state index contributed by atoms with van der Waals surface area (Å²) in [5.74, 6) is 0.900. The molecule has 1 N–H and O–H groups in total. The molecule has 21 heavy (non-hydrogen) atoms. The zero-order valence-electron chi connectivity index (χ0n) is 13.7. The Balaban J connectivity index is 1.94. The smallest absolute Gasteiger partial charge is 0.0406 e. The van der Waals surface area contributed by atoms with Gasteiger partial charge in [-0.15, -0.1) is 0 Å². The third-order valence-electron chi connectivity index (χ3n) is 4.86. The van der Waals surface area contributed by atoms with E-state index in [9.17, 15) is 0 Å². The van der Waals surface area contributed by atoms with Gasteiger partial charge in [0.1, 0.15) is 0 Å². The fourth-order valence-electron chi connectivity index (χ4n) is 3.67. The summed E-state index contributed by atoms with van der Waals surface area (Å²) in [4.78, 5) is 2.47. The summed E-state index contributed by atoms with van der Waals surface area (Å²) < 4.78 is 0. The first-order chi connectivity index (χ1) is 10.0. The van der Waals surface area contributed by atoms with E-state index in [1.54, 1.807) is 0 Å². The van der Waals surface area contributed by atoms with Gasteiger partial charge in [-0.1, -0.05) is 43.5 Å². The molecule has 0 unspecified atom stereocenters. The van der Waals surface area contributed by atoms with Gasteiger partial charge in [-0.25, -0.2) is 0 Å². The van der Waals surface area contributed by atoms with Gasteiger partial charge in [0.25, 0.3) is 0 Å². The second kappa shape index (κ2) is 7.62. The lowest BCUT2D eigenvalue weighted by atomic mass is 9.70. The highest BCUT2D eigenvalue weighted by molar-refractivity contribution is 6.30. The third kappa shape index (κ3) is 4.98. The molecule has 0 amide bonds. The van der Waals surface area contributed by atoms with Crippen LogP contribution in [0.4, 0.5) is 0 Å². The third-order valence-corrected chi connectivity index (χ3v) is 5.11. The van der Waals surface area contributed by atoms with E-state index in [0.717, 1.165) is 24.0 Å². The summed E-state index contributed by atoms with van der Waals surface area (Å²) in [7, 11) is 4.32. The van der Waals surface area contributed by atoms with Crippen molar-refractivity contribution in [2.24, 2.45) is 11.3 Å². The molecule has 0 aromatic heterocycles. The van der Waals surface area contributed by atoms with Crippen molar-refractivity contribution in [1.82, 2.24) is 10.2 Å². The maximum absolute atomic E-state index is 5.96. The normalized spacial score (nSPS) is 26.2. The Bertz CT molecular complexity index is 421. The van der Waals surface area contributed by atoms with Crippen molar-refractivity contribution >= 4 is 11.6 Å². The van der Waals surface area contributed by atoms with Gasteiger partial charge in [0.05, 0.1) is 0 Å². The molecule has 2 rings (SSSR count). The van der Waals surface area contributed by atoms with E-state index in [0.29, 0.717) is 5.41 Å². The average molecular weight is 309 g/mol. The maximum atomic E-state index is 5.96. The molecular weight excluding hydrogens is 280 g/mol. The van der Waals surface area contributed by atoms with Gasteiger partial charge in [0.15, 0.2) is 0 Å². The molecule has 3 heteroatoms. The van der Waals surface area contributed by atoms with E-state index >= 15 is 0 Å². The van der Waals surface area contributed by atoms with Crippen molar-refractivity contribution in [2.45, 2.75) is 39.2 Å². The molecule has 118 valence electrons. The van der Waals surface area contributed by atoms with Crippen LogP contribution < -0.4 is 5.32 Å².